The van der Waals surface area contributed by atoms with Gasteiger partial charge in [0.25, 0.3) is 11.5 Å². The van der Waals surface area contributed by atoms with Crippen LogP contribution in [0, 0.1) is 0 Å². The number of carbonyl (C=O) groups excluding carboxylic acids is 1. The second-order valence-corrected chi connectivity index (χ2v) is 8.61. The van der Waals surface area contributed by atoms with E-state index in [-0.39, 0.29) is 17.4 Å². The van der Waals surface area contributed by atoms with Crippen molar-refractivity contribution in [1.29, 1.82) is 0 Å². The Hall–Kier alpha value is -2.61. The van der Waals surface area contributed by atoms with Crippen LogP contribution in [0.3, 0.4) is 0 Å². The zero-order chi connectivity index (χ0) is 19.1. The zero-order valence-electron chi connectivity index (χ0n) is 15.5. The van der Waals surface area contributed by atoms with Crippen LogP contribution in [-0.2, 0) is 12.8 Å². The lowest BCUT2D eigenvalue weighted by molar-refractivity contribution is 0.0698. The fourth-order valence-corrected chi connectivity index (χ4v) is 5.60. The monoisotopic (exact) mass is 395 g/mol. The Morgan fingerprint density at radius 2 is 2.11 bits per heavy atom. The maximum atomic E-state index is 12.8. The predicted octanol–water partition coefficient (Wildman–Crippen LogP) is 2.67. The summed E-state index contributed by atoms with van der Waals surface area (Å²) in [5, 5.41) is 0.784. The minimum atomic E-state index is -0.118. The second-order valence-electron chi connectivity index (χ2n) is 7.52. The molecule has 1 atom stereocenters. The Morgan fingerprint density at radius 1 is 1.21 bits per heavy atom. The third kappa shape index (κ3) is 3.01. The molecule has 3 aromatic rings. The van der Waals surface area contributed by atoms with Crippen molar-refractivity contribution in [2.24, 2.45) is 0 Å². The molecule has 4 heterocycles. The Kier molecular flexibility index (Phi) is 4.43. The minimum Gasteiger partial charge on any atom is -0.337 e. The number of thiophene rings is 1. The summed E-state index contributed by atoms with van der Waals surface area (Å²) >= 11 is 1.67. The highest BCUT2D eigenvalue weighted by molar-refractivity contribution is 7.18. The molecule has 3 aromatic heterocycles. The summed E-state index contributed by atoms with van der Waals surface area (Å²) in [5.41, 5.74) is 1.53. The van der Waals surface area contributed by atoms with Crippen LogP contribution in [0.5, 0.6) is 0 Å². The van der Waals surface area contributed by atoms with Gasteiger partial charge in [0, 0.05) is 36.3 Å². The lowest BCUT2D eigenvalue weighted by Gasteiger charge is -2.31. The van der Waals surface area contributed by atoms with Gasteiger partial charge in [-0.3, -0.25) is 14.6 Å². The van der Waals surface area contributed by atoms with E-state index in [1.54, 1.807) is 22.4 Å². The molecule has 0 radical (unpaired) electrons. The molecule has 0 spiro atoms. The lowest BCUT2D eigenvalue weighted by Crippen LogP contribution is -2.40. The zero-order valence-corrected chi connectivity index (χ0v) is 16.3. The number of aryl methyl sites for hydroxylation is 2. The van der Waals surface area contributed by atoms with Crippen LogP contribution < -0.4 is 5.56 Å². The molecule has 5 rings (SSSR count). The van der Waals surface area contributed by atoms with Crippen LogP contribution in [0.4, 0.5) is 0 Å². The van der Waals surface area contributed by atoms with Crippen molar-refractivity contribution in [1.82, 2.24) is 24.8 Å². The van der Waals surface area contributed by atoms with Gasteiger partial charge < -0.3 is 9.88 Å². The Morgan fingerprint density at radius 3 is 2.96 bits per heavy atom. The first-order chi connectivity index (χ1) is 13.7. The fourth-order valence-electron chi connectivity index (χ4n) is 4.33. The molecule has 1 amide bonds. The molecule has 1 fully saturated rings. The largest absolute Gasteiger partial charge is 0.337 e. The molecule has 0 aromatic carbocycles. The molecular formula is C20H21N5O2S. The van der Waals surface area contributed by atoms with E-state index >= 15 is 0 Å². The number of aromatic amines is 1. The number of hydrogen-bond acceptors (Lipinski definition) is 6. The van der Waals surface area contributed by atoms with Gasteiger partial charge in [0.1, 0.15) is 16.3 Å². The summed E-state index contributed by atoms with van der Waals surface area (Å²) in [4.78, 5) is 45.5. The Balaban J connectivity index is 1.45. The number of carbonyl (C=O) groups is 1. The Labute approximate surface area is 165 Å². The first-order valence-corrected chi connectivity index (χ1v) is 10.6. The molecule has 8 heteroatoms. The molecule has 2 aliphatic rings. The molecule has 1 saturated heterocycles. The van der Waals surface area contributed by atoms with Crippen molar-refractivity contribution >= 4 is 27.5 Å². The Bertz CT molecular complexity index is 1090. The molecule has 1 aliphatic heterocycles. The summed E-state index contributed by atoms with van der Waals surface area (Å²) in [6.07, 6.45) is 10.7. The van der Waals surface area contributed by atoms with Crippen molar-refractivity contribution in [2.45, 2.75) is 44.4 Å². The summed E-state index contributed by atoms with van der Waals surface area (Å²) < 4.78 is 0. The van der Waals surface area contributed by atoms with Gasteiger partial charge >= 0.3 is 0 Å². The van der Waals surface area contributed by atoms with Gasteiger partial charge in [0.05, 0.1) is 11.6 Å². The number of aromatic nitrogens is 4. The number of amides is 1. The highest BCUT2D eigenvalue weighted by atomic mass is 32.1. The van der Waals surface area contributed by atoms with Crippen molar-refractivity contribution in [3.8, 4) is 0 Å². The van der Waals surface area contributed by atoms with Gasteiger partial charge in [-0.2, -0.15) is 0 Å². The van der Waals surface area contributed by atoms with Crippen LogP contribution in [0.15, 0.2) is 23.4 Å². The number of nitrogens with one attached hydrogen (secondary N) is 1. The smallest absolute Gasteiger partial charge is 0.274 e. The van der Waals surface area contributed by atoms with E-state index < -0.39 is 0 Å². The van der Waals surface area contributed by atoms with E-state index in [2.05, 4.69) is 15.0 Å². The summed E-state index contributed by atoms with van der Waals surface area (Å²) in [6.45, 7) is 1.22. The number of fused-ring (bicyclic) bond motifs is 3. The SMILES string of the molecule is O=C(c1cnccn1)N1CCC[C@@H](c2nc3sc4c(c3c(=O)[nH]2)CCCC4)C1. The fraction of sp³-hybridized carbons (Fsp3) is 0.450. The highest BCUT2D eigenvalue weighted by Gasteiger charge is 2.29. The maximum Gasteiger partial charge on any atom is 0.274 e. The van der Waals surface area contributed by atoms with Crippen molar-refractivity contribution < 1.29 is 4.79 Å². The normalized spacial score (nSPS) is 19.6. The number of nitrogens with zero attached hydrogens (tertiary/aromatic N) is 4. The highest BCUT2D eigenvalue weighted by Crippen LogP contribution is 2.34. The quantitative estimate of drug-likeness (QED) is 0.720. The maximum absolute atomic E-state index is 12.8. The molecule has 1 aliphatic carbocycles. The summed E-state index contributed by atoms with van der Waals surface area (Å²) in [6, 6.07) is 0. The van der Waals surface area contributed by atoms with Crippen molar-refractivity contribution in [3.05, 3.63) is 50.9 Å². The van der Waals surface area contributed by atoms with Crippen LogP contribution in [-0.4, -0.2) is 43.8 Å². The van der Waals surface area contributed by atoms with Gasteiger partial charge in [-0.1, -0.05) is 0 Å². The summed E-state index contributed by atoms with van der Waals surface area (Å²) in [7, 11) is 0. The van der Waals surface area contributed by atoms with E-state index in [0.29, 0.717) is 24.6 Å². The molecule has 1 N–H and O–H groups in total. The number of piperidine rings is 1. The van der Waals surface area contributed by atoms with Gasteiger partial charge in [0.15, 0.2) is 0 Å². The summed E-state index contributed by atoms with van der Waals surface area (Å²) in [5.74, 6) is 0.617. The predicted molar refractivity (Wildman–Crippen MR) is 107 cm³/mol. The number of likely N-dealkylation sites (tertiary alicyclic amines) is 1. The molecule has 144 valence electrons. The molecule has 28 heavy (non-hydrogen) atoms. The lowest BCUT2D eigenvalue weighted by atomic mass is 9.96. The van der Waals surface area contributed by atoms with Gasteiger partial charge in [-0.25, -0.2) is 9.97 Å². The number of rotatable bonds is 2. The van der Waals surface area contributed by atoms with E-state index in [1.807, 2.05) is 0 Å². The third-order valence-corrected chi connectivity index (χ3v) is 6.91. The van der Waals surface area contributed by atoms with E-state index in [4.69, 9.17) is 4.98 Å². The van der Waals surface area contributed by atoms with Gasteiger partial charge in [-0.05, 0) is 44.1 Å². The van der Waals surface area contributed by atoms with E-state index in [9.17, 15) is 9.59 Å². The van der Waals surface area contributed by atoms with Gasteiger partial charge in [-0.15, -0.1) is 11.3 Å². The topological polar surface area (TPSA) is 91.8 Å². The van der Waals surface area contributed by atoms with Crippen LogP contribution >= 0.6 is 11.3 Å². The molecule has 0 saturated carbocycles. The third-order valence-electron chi connectivity index (χ3n) is 5.72. The average molecular weight is 395 g/mol. The average Bonchev–Trinajstić information content (AvgIpc) is 3.13. The van der Waals surface area contributed by atoms with Crippen molar-refractivity contribution in [3.63, 3.8) is 0 Å². The van der Waals surface area contributed by atoms with E-state index in [0.717, 1.165) is 42.3 Å². The van der Waals surface area contributed by atoms with Crippen LogP contribution in [0.2, 0.25) is 0 Å². The second kappa shape index (κ2) is 7.09. The van der Waals surface area contributed by atoms with Crippen LogP contribution in [0.25, 0.3) is 10.2 Å². The first-order valence-electron chi connectivity index (χ1n) is 9.80. The standard InChI is InChI=1S/C20H21N5O2S/c26-18-16-13-5-1-2-6-15(13)28-19(16)24-17(23-18)12-4-3-9-25(11-12)20(27)14-10-21-7-8-22-14/h7-8,10,12H,1-6,9,11H2,(H,23,24,26)/t12-/m1/s1. The van der Waals surface area contributed by atoms with Crippen molar-refractivity contribution in [2.75, 3.05) is 13.1 Å². The minimum absolute atomic E-state index is 0.0308. The van der Waals surface area contributed by atoms with Gasteiger partial charge in [0.2, 0.25) is 0 Å². The molecular weight excluding hydrogens is 374 g/mol. The first kappa shape index (κ1) is 17.5. The number of hydrogen-bond donors (Lipinski definition) is 1. The molecule has 7 nitrogen and oxygen atoms in total. The van der Waals surface area contributed by atoms with E-state index in [1.165, 1.54) is 29.3 Å². The number of H-pyrrole nitrogens is 1. The molecule has 0 unspecified atom stereocenters. The van der Waals surface area contributed by atoms with Crippen LogP contribution in [0.1, 0.15) is 58.4 Å². The molecule has 0 bridgehead atoms.